The van der Waals surface area contributed by atoms with E-state index in [0.29, 0.717) is 12.8 Å². The predicted molar refractivity (Wildman–Crippen MR) is 397 cm³/mol. The van der Waals surface area contributed by atoms with Gasteiger partial charge < -0.3 is 65.1 Å². The van der Waals surface area contributed by atoms with Crippen molar-refractivity contribution < 1.29 is 64.6 Å². The van der Waals surface area contributed by atoms with Gasteiger partial charge in [0.1, 0.15) is 48.8 Å². The number of carbonyl (C=O) groups is 1. The van der Waals surface area contributed by atoms with E-state index < -0.39 is 86.8 Å². The second-order valence-corrected chi connectivity index (χ2v) is 28.2. The second-order valence-electron chi connectivity index (χ2n) is 28.2. The standard InChI is InChI=1S/C82H149NO13/c1-3-5-7-9-11-13-15-17-19-21-23-25-27-29-30-31-32-33-34-35-36-37-38-39-40-42-44-46-48-50-52-54-56-58-60-62-64-66-74(87)83-70(69-93-81-79(92)77(90)80(73(68-85)95-81)96-82-78(91)76(89)75(88)72(67-84)94-82)71(86)65-63-61-59-57-55-53-51-49-47-45-43-41-28-26-24-22-20-18-16-14-12-10-8-6-4-2/h15,17,21,23,27,29,47,49,55,57,63,65,70-73,75-82,84-86,88-92H,3-14,16,18-20,22,24-26,28,30-46,48,50-54,56,58-62,64,66-69H2,1-2H3,(H,83,87)/b17-15-,23-21-,29-27-,49-47+,57-55+,65-63+. The molecule has 2 rings (SSSR count). The van der Waals surface area contributed by atoms with Crippen molar-refractivity contribution in [2.24, 2.45) is 0 Å². The molecular formula is C82H149NO13. The lowest BCUT2D eigenvalue weighted by atomic mass is 9.97. The van der Waals surface area contributed by atoms with Crippen LogP contribution in [0, 0.1) is 0 Å². The molecule has 2 fully saturated rings. The molecule has 0 spiro atoms. The van der Waals surface area contributed by atoms with Crippen LogP contribution < -0.4 is 5.32 Å². The lowest BCUT2D eigenvalue weighted by Gasteiger charge is -2.46. The summed E-state index contributed by atoms with van der Waals surface area (Å²) in [6, 6.07) is -0.941. The fourth-order valence-electron chi connectivity index (χ4n) is 13.0. The lowest BCUT2D eigenvalue weighted by Crippen LogP contribution is -2.65. The van der Waals surface area contributed by atoms with E-state index in [1.807, 2.05) is 6.08 Å². The summed E-state index contributed by atoms with van der Waals surface area (Å²) in [7, 11) is 0. The van der Waals surface area contributed by atoms with Crippen molar-refractivity contribution in [3.63, 3.8) is 0 Å². The molecule has 0 aromatic heterocycles. The topological polar surface area (TPSA) is 228 Å². The van der Waals surface area contributed by atoms with Gasteiger partial charge in [-0.3, -0.25) is 4.79 Å². The Morgan fingerprint density at radius 1 is 0.375 bits per heavy atom. The van der Waals surface area contributed by atoms with Crippen molar-refractivity contribution in [1.82, 2.24) is 5.32 Å². The van der Waals surface area contributed by atoms with Gasteiger partial charge in [-0.2, -0.15) is 0 Å². The van der Waals surface area contributed by atoms with Gasteiger partial charge in [0, 0.05) is 6.42 Å². The third-order valence-corrected chi connectivity index (χ3v) is 19.3. The number of hydrogen-bond donors (Lipinski definition) is 9. The summed E-state index contributed by atoms with van der Waals surface area (Å²) in [6.07, 6.45) is 74.2. The highest BCUT2D eigenvalue weighted by atomic mass is 16.7. The molecule has 2 aliphatic rings. The van der Waals surface area contributed by atoms with E-state index in [0.717, 1.165) is 57.8 Å². The molecule has 0 saturated carbocycles. The zero-order valence-corrected chi connectivity index (χ0v) is 61.4. The molecule has 14 heteroatoms. The molecule has 96 heavy (non-hydrogen) atoms. The maximum atomic E-state index is 13.4. The minimum atomic E-state index is -1.80. The number of unbranched alkanes of at least 4 members (excludes halogenated alkanes) is 44. The van der Waals surface area contributed by atoms with E-state index in [1.165, 1.54) is 257 Å². The van der Waals surface area contributed by atoms with Crippen molar-refractivity contribution in [2.45, 2.75) is 421 Å². The van der Waals surface area contributed by atoms with Crippen LogP contribution in [-0.2, 0) is 23.7 Å². The largest absolute Gasteiger partial charge is 0.394 e. The van der Waals surface area contributed by atoms with Gasteiger partial charge in [-0.05, 0) is 83.5 Å². The first-order valence-electron chi connectivity index (χ1n) is 40.2. The number of aliphatic hydroxyl groups is 8. The summed E-state index contributed by atoms with van der Waals surface area (Å²) < 4.78 is 22.9. The van der Waals surface area contributed by atoms with Crippen LogP contribution in [0.15, 0.2) is 72.9 Å². The van der Waals surface area contributed by atoms with Gasteiger partial charge in [0.15, 0.2) is 12.6 Å². The van der Waals surface area contributed by atoms with Crippen molar-refractivity contribution in [1.29, 1.82) is 0 Å². The highest BCUT2D eigenvalue weighted by Crippen LogP contribution is 2.30. The molecule has 0 aliphatic carbocycles. The Balaban J connectivity index is 1.61. The summed E-state index contributed by atoms with van der Waals surface area (Å²) in [5.74, 6) is -0.248. The van der Waals surface area contributed by atoms with Crippen molar-refractivity contribution in [3.8, 4) is 0 Å². The minimum absolute atomic E-state index is 0.248. The van der Waals surface area contributed by atoms with Crippen LogP contribution in [0.3, 0.4) is 0 Å². The van der Waals surface area contributed by atoms with Crippen LogP contribution in [0.1, 0.15) is 348 Å². The van der Waals surface area contributed by atoms with E-state index in [2.05, 4.69) is 79.9 Å². The molecule has 0 aromatic rings. The zero-order valence-electron chi connectivity index (χ0n) is 61.4. The fraction of sp³-hybridized carbons (Fsp3) is 0.841. The SMILES string of the molecule is CCCCCCC/C=C\C/C=C\C/C=C\CCCCCCCCCCCCCCCCCCCCCCCCC(=O)NC(COC1OC(CO)C(OC2OC(CO)C(O)C(O)C2O)C(O)C1O)C(O)/C=C/CC/C=C/CC/C=C/CCCCCCCCCCCCCCCCC. The predicted octanol–water partition coefficient (Wildman–Crippen LogP) is 18.1. The van der Waals surface area contributed by atoms with Crippen molar-refractivity contribution in [2.75, 3.05) is 19.8 Å². The van der Waals surface area contributed by atoms with Gasteiger partial charge in [0.2, 0.25) is 5.91 Å². The van der Waals surface area contributed by atoms with Crippen LogP contribution >= 0.6 is 0 Å². The Bertz CT molecular complexity index is 1890. The number of nitrogens with one attached hydrogen (secondary N) is 1. The molecule has 1 amide bonds. The third kappa shape index (κ3) is 48.3. The van der Waals surface area contributed by atoms with E-state index in [-0.39, 0.29) is 18.9 Å². The molecule has 0 bridgehead atoms. The average Bonchev–Trinajstić information content (AvgIpc) is 0.857. The number of rotatable bonds is 67. The Kier molecular flexibility index (Phi) is 61.3. The van der Waals surface area contributed by atoms with Crippen molar-refractivity contribution in [3.05, 3.63) is 72.9 Å². The Hall–Kier alpha value is -2.57. The first kappa shape index (κ1) is 89.5. The highest BCUT2D eigenvalue weighted by molar-refractivity contribution is 5.76. The van der Waals surface area contributed by atoms with Gasteiger partial charge in [0.05, 0.1) is 32.0 Å². The second kappa shape index (κ2) is 65.7. The summed E-state index contributed by atoms with van der Waals surface area (Å²) in [4.78, 5) is 13.4. The molecule has 2 saturated heterocycles. The molecule has 14 nitrogen and oxygen atoms in total. The first-order valence-corrected chi connectivity index (χ1v) is 40.2. The summed E-state index contributed by atoms with van der Waals surface area (Å²) in [5.41, 5.74) is 0. The van der Waals surface area contributed by atoms with Gasteiger partial charge >= 0.3 is 0 Å². The smallest absolute Gasteiger partial charge is 0.220 e. The van der Waals surface area contributed by atoms with Crippen LogP contribution in [0.5, 0.6) is 0 Å². The van der Waals surface area contributed by atoms with Crippen LogP contribution in [-0.4, -0.2) is 140 Å². The molecule has 12 unspecified atom stereocenters. The lowest BCUT2D eigenvalue weighted by molar-refractivity contribution is -0.359. The maximum Gasteiger partial charge on any atom is 0.220 e. The monoisotopic (exact) mass is 1360 g/mol. The third-order valence-electron chi connectivity index (χ3n) is 19.3. The Morgan fingerprint density at radius 2 is 0.698 bits per heavy atom. The van der Waals surface area contributed by atoms with E-state index in [1.54, 1.807) is 6.08 Å². The van der Waals surface area contributed by atoms with Gasteiger partial charge in [-0.15, -0.1) is 0 Å². The Morgan fingerprint density at radius 3 is 1.09 bits per heavy atom. The molecule has 2 aliphatic heterocycles. The van der Waals surface area contributed by atoms with Crippen LogP contribution in [0.4, 0.5) is 0 Å². The quantitative estimate of drug-likeness (QED) is 0.0204. The number of hydrogen-bond acceptors (Lipinski definition) is 13. The number of ether oxygens (including phenoxy) is 4. The minimum Gasteiger partial charge on any atom is -0.394 e. The molecular weight excluding hydrogens is 1210 g/mol. The molecule has 560 valence electrons. The van der Waals surface area contributed by atoms with Gasteiger partial charge in [-0.25, -0.2) is 0 Å². The number of amides is 1. The van der Waals surface area contributed by atoms with Crippen LogP contribution in [0.2, 0.25) is 0 Å². The number of allylic oxidation sites excluding steroid dienone is 11. The average molecular weight is 1360 g/mol. The Labute approximate surface area is 587 Å². The molecule has 0 radical (unpaired) electrons. The zero-order chi connectivity index (χ0) is 69.4. The molecule has 12 atom stereocenters. The normalized spacial score (nSPS) is 22.6. The first-order chi connectivity index (χ1) is 47.1. The molecule has 0 aromatic carbocycles. The summed E-state index contributed by atoms with van der Waals surface area (Å²) >= 11 is 0. The van der Waals surface area contributed by atoms with E-state index in [9.17, 15) is 45.6 Å². The van der Waals surface area contributed by atoms with E-state index >= 15 is 0 Å². The maximum absolute atomic E-state index is 13.4. The number of aliphatic hydroxyl groups excluding tert-OH is 8. The van der Waals surface area contributed by atoms with Crippen molar-refractivity contribution >= 4 is 5.91 Å². The van der Waals surface area contributed by atoms with Crippen LogP contribution in [0.25, 0.3) is 0 Å². The van der Waals surface area contributed by atoms with E-state index in [4.69, 9.17) is 18.9 Å². The number of carbonyl (C=O) groups excluding carboxylic acids is 1. The molecule has 9 N–H and O–H groups in total. The fourth-order valence-corrected chi connectivity index (χ4v) is 13.0. The highest BCUT2D eigenvalue weighted by Gasteiger charge is 2.51. The van der Waals surface area contributed by atoms with Gasteiger partial charge in [0.25, 0.3) is 0 Å². The van der Waals surface area contributed by atoms with Gasteiger partial charge in [-0.1, -0.05) is 331 Å². The summed E-state index contributed by atoms with van der Waals surface area (Å²) in [5, 5.41) is 87.6. The summed E-state index contributed by atoms with van der Waals surface area (Å²) in [6.45, 7) is 2.81. The molecule has 2 heterocycles.